The fraction of sp³-hybridized carbons (Fsp3) is 0.455. The summed E-state index contributed by atoms with van der Waals surface area (Å²) < 4.78 is 0. The van der Waals surface area contributed by atoms with Gasteiger partial charge in [-0.15, -0.1) is 0 Å². The van der Waals surface area contributed by atoms with Crippen LogP contribution in [0.5, 0.6) is 0 Å². The lowest BCUT2D eigenvalue weighted by Crippen LogP contribution is -2.36. The van der Waals surface area contributed by atoms with Crippen LogP contribution in [0.2, 0.25) is 0 Å². The van der Waals surface area contributed by atoms with Gasteiger partial charge in [-0.2, -0.15) is 0 Å². The molecular formula is C22H27NO6. The molecule has 0 aromatic heterocycles. The quantitative estimate of drug-likeness (QED) is 0.489. The van der Waals surface area contributed by atoms with Gasteiger partial charge in [-0.1, -0.05) is 18.2 Å². The molecule has 3 rings (SSSR count). The summed E-state index contributed by atoms with van der Waals surface area (Å²) in [7, 11) is 0. The molecule has 2 unspecified atom stereocenters. The Morgan fingerprint density at radius 1 is 1.14 bits per heavy atom. The Hall–Kier alpha value is -2.32. The highest BCUT2D eigenvalue weighted by atomic mass is 16.3. The zero-order chi connectivity index (χ0) is 21.1. The summed E-state index contributed by atoms with van der Waals surface area (Å²) in [5.41, 5.74) is 4.63. The first-order valence-corrected chi connectivity index (χ1v) is 9.76. The molecule has 0 fully saturated rings. The van der Waals surface area contributed by atoms with E-state index in [1.165, 1.54) is 6.92 Å². The molecule has 29 heavy (non-hydrogen) atoms. The van der Waals surface area contributed by atoms with Crippen molar-refractivity contribution in [3.05, 3.63) is 51.6 Å². The van der Waals surface area contributed by atoms with Gasteiger partial charge in [-0.3, -0.25) is 9.59 Å². The molecule has 7 nitrogen and oxygen atoms in total. The van der Waals surface area contributed by atoms with Crippen molar-refractivity contribution in [2.45, 2.75) is 52.0 Å². The standard InChI is InChI=1S/C22H27NO6/c1-12(28)23-20-5-3-13-6-15(9-25)18(10-26)19(11-27)22(13)16-4-2-14(8-24)21(29)7-17(16)20/h2,4,6,14,20,24-27H,3,5,7-11H2,1H3,(H,23,28). The van der Waals surface area contributed by atoms with E-state index >= 15 is 0 Å². The molecule has 1 amide bonds. The van der Waals surface area contributed by atoms with Crippen LogP contribution in [0.4, 0.5) is 0 Å². The van der Waals surface area contributed by atoms with Gasteiger partial charge in [0.05, 0.1) is 38.4 Å². The Labute approximate surface area is 169 Å². The van der Waals surface area contributed by atoms with Gasteiger partial charge in [0.25, 0.3) is 0 Å². The predicted molar refractivity (Wildman–Crippen MR) is 106 cm³/mol. The minimum absolute atomic E-state index is 0.0824. The predicted octanol–water partition coefficient (Wildman–Crippen LogP) is 0.506. The second-order valence-corrected chi connectivity index (χ2v) is 7.52. The lowest BCUT2D eigenvalue weighted by Gasteiger charge is -2.22. The number of ketones is 1. The monoisotopic (exact) mass is 401 g/mol. The van der Waals surface area contributed by atoms with Gasteiger partial charge in [0, 0.05) is 13.3 Å². The second kappa shape index (κ2) is 9.00. The van der Waals surface area contributed by atoms with E-state index in [9.17, 15) is 30.0 Å². The van der Waals surface area contributed by atoms with E-state index in [0.717, 1.165) is 22.3 Å². The maximum absolute atomic E-state index is 12.7. The number of amides is 1. The van der Waals surface area contributed by atoms with E-state index in [2.05, 4.69) is 5.32 Å². The lowest BCUT2D eigenvalue weighted by atomic mass is 9.86. The fourth-order valence-electron chi connectivity index (χ4n) is 4.39. The Morgan fingerprint density at radius 3 is 2.45 bits per heavy atom. The molecule has 0 spiro atoms. The number of hydrogen-bond donors (Lipinski definition) is 5. The number of aliphatic hydroxyl groups is 4. The van der Waals surface area contributed by atoms with Crippen LogP contribution in [-0.2, 0) is 35.8 Å². The number of rotatable bonds is 5. The number of hydrogen-bond acceptors (Lipinski definition) is 6. The van der Waals surface area contributed by atoms with Crippen molar-refractivity contribution in [3.8, 4) is 0 Å². The van der Waals surface area contributed by atoms with Crippen LogP contribution in [0.25, 0.3) is 5.57 Å². The van der Waals surface area contributed by atoms with Gasteiger partial charge in [-0.05, 0) is 51.8 Å². The summed E-state index contributed by atoms with van der Waals surface area (Å²) in [4.78, 5) is 24.5. The van der Waals surface area contributed by atoms with Crippen LogP contribution in [0.15, 0.2) is 23.8 Å². The Morgan fingerprint density at radius 2 is 1.86 bits per heavy atom. The molecule has 0 saturated heterocycles. The van der Waals surface area contributed by atoms with E-state index in [1.807, 2.05) is 6.07 Å². The van der Waals surface area contributed by atoms with Crippen LogP contribution in [0.1, 0.15) is 47.6 Å². The zero-order valence-electron chi connectivity index (χ0n) is 16.4. The van der Waals surface area contributed by atoms with E-state index in [-0.39, 0.29) is 50.6 Å². The first kappa shape index (κ1) is 21.4. The van der Waals surface area contributed by atoms with Gasteiger partial charge in [-0.25, -0.2) is 0 Å². The topological polar surface area (TPSA) is 127 Å². The van der Waals surface area contributed by atoms with Crippen molar-refractivity contribution >= 4 is 17.3 Å². The van der Waals surface area contributed by atoms with Crippen molar-refractivity contribution in [1.82, 2.24) is 5.32 Å². The fourth-order valence-corrected chi connectivity index (χ4v) is 4.39. The van der Waals surface area contributed by atoms with Gasteiger partial charge >= 0.3 is 0 Å². The molecule has 2 atom stereocenters. The first-order valence-electron chi connectivity index (χ1n) is 9.76. The normalized spacial score (nSPS) is 21.3. The Balaban J connectivity index is 2.30. The summed E-state index contributed by atoms with van der Waals surface area (Å²) >= 11 is 0. The van der Waals surface area contributed by atoms with Crippen LogP contribution in [0, 0.1) is 5.92 Å². The molecule has 1 aromatic rings. The maximum atomic E-state index is 12.7. The van der Waals surface area contributed by atoms with Gasteiger partial charge in [0.15, 0.2) is 0 Å². The summed E-state index contributed by atoms with van der Waals surface area (Å²) in [6.45, 7) is 0.192. The van der Waals surface area contributed by atoms with Gasteiger partial charge < -0.3 is 25.7 Å². The van der Waals surface area contributed by atoms with Gasteiger partial charge in [0.1, 0.15) is 5.78 Å². The third-order valence-electron chi connectivity index (χ3n) is 5.80. The summed E-state index contributed by atoms with van der Waals surface area (Å²) in [5.74, 6) is -0.968. The van der Waals surface area contributed by atoms with E-state index in [4.69, 9.17) is 0 Å². The minimum atomic E-state index is -0.630. The van der Waals surface area contributed by atoms with Gasteiger partial charge in [0.2, 0.25) is 5.91 Å². The third-order valence-corrected chi connectivity index (χ3v) is 5.80. The van der Waals surface area contributed by atoms with Crippen LogP contribution >= 0.6 is 0 Å². The number of carbonyl (C=O) groups excluding carboxylic acids is 2. The minimum Gasteiger partial charge on any atom is -0.395 e. The highest BCUT2D eigenvalue weighted by Crippen LogP contribution is 2.40. The smallest absolute Gasteiger partial charge is 0.217 e. The van der Waals surface area contributed by atoms with Crippen molar-refractivity contribution in [3.63, 3.8) is 0 Å². The molecule has 0 heterocycles. The number of Topliss-reactive ketones (excluding diaryl/α,β-unsaturated/α-hetero) is 1. The number of aliphatic hydroxyl groups excluding tert-OH is 4. The lowest BCUT2D eigenvalue weighted by molar-refractivity contribution is -0.122. The number of aryl methyl sites for hydroxylation is 1. The van der Waals surface area contributed by atoms with E-state index < -0.39 is 5.92 Å². The zero-order valence-corrected chi connectivity index (χ0v) is 16.4. The average molecular weight is 401 g/mol. The van der Waals surface area contributed by atoms with Crippen molar-refractivity contribution in [1.29, 1.82) is 0 Å². The highest BCUT2D eigenvalue weighted by molar-refractivity contribution is 5.94. The number of allylic oxidation sites excluding steroid dienone is 2. The first-order chi connectivity index (χ1) is 13.9. The summed E-state index contributed by atoms with van der Waals surface area (Å²) in [6.07, 6.45) is 4.65. The number of carbonyl (C=O) groups is 2. The molecule has 1 aromatic carbocycles. The molecule has 7 heteroatoms. The molecule has 156 valence electrons. The molecular weight excluding hydrogens is 374 g/mol. The summed E-state index contributed by atoms with van der Waals surface area (Å²) in [6, 6.07) is 1.47. The van der Waals surface area contributed by atoms with Crippen LogP contribution in [0.3, 0.4) is 0 Å². The average Bonchev–Trinajstić information content (AvgIpc) is 2.95. The van der Waals surface area contributed by atoms with E-state index in [1.54, 1.807) is 12.2 Å². The SMILES string of the molecule is CC(=O)NC1CCc2cc(CO)c(CO)c(CO)c2C2=C1CC(=O)C(CO)C=C2. The number of fused-ring (bicyclic) bond motifs is 2. The molecule has 5 N–H and O–H groups in total. The molecule has 0 bridgehead atoms. The molecule has 0 saturated carbocycles. The Bertz CT molecular complexity index is 886. The van der Waals surface area contributed by atoms with Crippen molar-refractivity contribution in [2.24, 2.45) is 5.92 Å². The molecule has 2 aliphatic rings. The molecule has 0 aliphatic heterocycles. The number of benzene rings is 1. The third kappa shape index (κ3) is 4.04. The summed E-state index contributed by atoms with van der Waals surface area (Å²) in [5, 5.41) is 42.2. The molecule has 0 radical (unpaired) electrons. The number of nitrogens with one attached hydrogen (secondary N) is 1. The van der Waals surface area contributed by atoms with Crippen LogP contribution < -0.4 is 5.32 Å². The van der Waals surface area contributed by atoms with Crippen molar-refractivity contribution < 1.29 is 30.0 Å². The van der Waals surface area contributed by atoms with Crippen molar-refractivity contribution in [2.75, 3.05) is 6.61 Å². The second-order valence-electron chi connectivity index (χ2n) is 7.52. The van der Waals surface area contributed by atoms with E-state index in [0.29, 0.717) is 29.5 Å². The Kier molecular flexibility index (Phi) is 6.64. The highest BCUT2D eigenvalue weighted by Gasteiger charge is 2.32. The maximum Gasteiger partial charge on any atom is 0.217 e. The van der Waals surface area contributed by atoms with Crippen LogP contribution in [-0.4, -0.2) is 44.8 Å². The largest absolute Gasteiger partial charge is 0.395 e. The molecule has 2 aliphatic carbocycles.